The Hall–Kier alpha value is -3.42. The van der Waals surface area contributed by atoms with Crippen LogP contribution >= 0.6 is 11.8 Å². The molecule has 0 fully saturated rings. The zero-order valence-corrected chi connectivity index (χ0v) is 15.3. The fraction of sp³-hybridized carbons (Fsp3) is 0.150. The molecular formula is C20H16N4O2S. The summed E-state index contributed by atoms with van der Waals surface area (Å²) in [7, 11) is 0. The molecule has 0 unspecified atom stereocenters. The third kappa shape index (κ3) is 3.74. The maximum absolute atomic E-state index is 12.0. The predicted octanol–water partition coefficient (Wildman–Crippen LogP) is 3.27. The summed E-state index contributed by atoms with van der Waals surface area (Å²) in [6.07, 6.45) is 1.50. The molecule has 1 aliphatic heterocycles. The van der Waals surface area contributed by atoms with E-state index in [4.69, 9.17) is 15.4 Å². The number of carbonyl (C=O) groups excluding carboxylic acids is 1. The Bertz CT molecular complexity index is 1010. The summed E-state index contributed by atoms with van der Waals surface area (Å²) in [5, 5.41) is 22.5. The van der Waals surface area contributed by atoms with Gasteiger partial charge in [0.15, 0.2) is 0 Å². The van der Waals surface area contributed by atoms with Crippen LogP contribution in [0.4, 0.5) is 0 Å². The topological polar surface area (TPSA) is 116 Å². The van der Waals surface area contributed by atoms with Crippen LogP contribution in [0.15, 0.2) is 69.0 Å². The van der Waals surface area contributed by atoms with Gasteiger partial charge in [0.05, 0.1) is 46.1 Å². The van der Waals surface area contributed by atoms with E-state index in [0.717, 1.165) is 5.56 Å². The van der Waals surface area contributed by atoms with Crippen LogP contribution in [-0.2, 0) is 10.5 Å². The van der Waals surface area contributed by atoms with Gasteiger partial charge in [0.25, 0.3) is 0 Å². The van der Waals surface area contributed by atoms with Crippen LogP contribution in [0.3, 0.4) is 0 Å². The maximum Gasteiger partial charge on any atom is 0.247 e. The zero-order chi connectivity index (χ0) is 19.4. The maximum atomic E-state index is 12.0. The van der Waals surface area contributed by atoms with Gasteiger partial charge in [-0.15, -0.1) is 11.8 Å². The largest absolute Gasteiger partial charge is 0.468 e. The van der Waals surface area contributed by atoms with Gasteiger partial charge in [0.1, 0.15) is 5.76 Å². The molecule has 0 spiro atoms. The van der Waals surface area contributed by atoms with Crippen molar-refractivity contribution in [2.24, 2.45) is 5.73 Å². The Kier molecular flexibility index (Phi) is 5.35. The number of primary amides is 1. The lowest BCUT2D eigenvalue weighted by atomic mass is 9.86. The summed E-state index contributed by atoms with van der Waals surface area (Å²) in [6, 6.07) is 15.0. The molecule has 1 aromatic heterocycles. The monoisotopic (exact) mass is 376 g/mol. The van der Waals surface area contributed by atoms with Crippen molar-refractivity contribution in [1.82, 2.24) is 5.32 Å². The second kappa shape index (κ2) is 7.86. The standard InChI is InChI=1S/C20H16N4O2S/c1-12-17(19(23)25)18(16-3-2-8-26-16)15(10-22)20(24-12)27-11-14-6-4-13(9-21)5-7-14/h2-8,18,24H,11H2,1H3,(H2,23,25)/t18-/m0/s1. The van der Waals surface area contributed by atoms with Crippen LogP contribution in [0.25, 0.3) is 0 Å². The van der Waals surface area contributed by atoms with Crippen molar-refractivity contribution in [3.63, 3.8) is 0 Å². The number of dihydropyridines is 1. The number of benzene rings is 1. The molecule has 2 heterocycles. The van der Waals surface area contributed by atoms with Gasteiger partial charge in [-0.25, -0.2) is 0 Å². The highest BCUT2D eigenvalue weighted by Gasteiger charge is 2.35. The fourth-order valence-electron chi connectivity index (χ4n) is 2.92. The molecule has 6 nitrogen and oxygen atoms in total. The molecule has 0 radical (unpaired) electrons. The first kappa shape index (κ1) is 18.4. The average molecular weight is 376 g/mol. The minimum absolute atomic E-state index is 0.323. The lowest BCUT2D eigenvalue weighted by Crippen LogP contribution is -2.30. The highest BCUT2D eigenvalue weighted by molar-refractivity contribution is 8.02. The van der Waals surface area contributed by atoms with E-state index in [1.54, 1.807) is 31.2 Å². The Balaban J connectivity index is 1.93. The Morgan fingerprint density at radius 2 is 2.00 bits per heavy atom. The van der Waals surface area contributed by atoms with Crippen LogP contribution in [0, 0.1) is 22.7 Å². The van der Waals surface area contributed by atoms with Gasteiger partial charge >= 0.3 is 0 Å². The van der Waals surface area contributed by atoms with Gasteiger partial charge < -0.3 is 15.5 Å². The van der Waals surface area contributed by atoms with E-state index in [0.29, 0.717) is 38.9 Å². The molecule has 0 aliphatic carbocycles. The summed E-state index contributed by atoms with van der Waals surface area (Å²) in [6.45, 7) is 1.76. The minimum atomic E-state index is -0.632. The second-order valence-electron chi connectivity index (χ2n) is 5.93. The first-order chi connectivity index (χ1) is 13.0. The van der Waals surface area contributed by atoms with Crippen LogP contribution in [0.2, 0.25) is 0 Å². The van der Waals surface area contributed by atoms with E-state index in [1.807, 2.05) is 12.1 Å². The van der Waals surface area contributed by atoms with E-state index in [2.05, 4.69) is 17.5 Å². The smallest absolute Gasteiger partial charge is 0.247 e. The number of hydrogen-bond acceptors (Lipinski definition) is 6. The van der Waals surface area contributed by atoms with Crippen LogP contribution in [-0.4, -0.2) is 5.91 Å². The van der Waals surface area contributed by atoms with E-state index in [9.17, 15) is 10.1 Å². The highest BCUT2D eigenvalue weighted by atomic mass is 32.2. The fourth-order valence-corrected chi connectivity index (χ4v) is 3.97. The molecule has 1 amide bonds. The number of rotatable bonds is 5. The van der Waals surface area contributed by atoms with Crippen LogP contribution in [0.5, 0.6) is 0 Å². The first-order valence-electron chi connectivity index (χ1n) is 8.12. The SMILES string of the molecule is CC1=C(C(N)=O)[C@H](c2ccco2)C(C#N)=C(SCc2ccc(C#N)cc2)N1. The molecule has 27 heavy (non-hydrogen) atoms. The minimum Gasteiger partial charge on any atom is -0.468 e. The molecular weight excluding hydrogens is 360 g/mol. The molecule has 0 bridgehead atoms. The number of amides is 1. The number of nitrogens with zero attached hydrogens (tertiary/aromatic N) is 2. The van der Waals surface area contributed by atoms with Gasteiger partial charge in [-0.3, -0.25) is 4.79 Å². The van der Waals surface area contributed by atoms with Crippen molar-refractivity contribution < 1.29 is 9.21 Å². The third-order valence-corrected chi connectivity index (χ3v) is 5.30. The molecule has 7 heteroatoms. The Morgan fingerprint density at radius 1 is 1.26 bits per heavy atom. The number of nitrogens with two attached hydrogens (primary N) is 1. The summed E-state index contributed by atoms with van der Waals surface area (Å²) < 4.78 is 5.48. The molecule has 2 aromatic rings. The van der Waals surface area contributed by atoms with Crippen molar-refractivity contribution in [1.29, 1.82) is 10.5 Å². The zero-order valence-electron chi connectivity index (χ0n) is 14.5. The molecule has 134 valence electrons. The molecule has 0 saturated heterocycles. The summed E-state index contributed by atoms with van der Waals surface area (Å²) in [5.41, 5.74) is 8.49. The summed E-state index contributed by atoms with van der Waals surface area (Å²) in [5.74, 6) is -0.126. The molecule has 3 rings (SSSR count). The Labute approximate surface area is 161 Å². The van der Waals surface area contributed by atoms with Gasteiger partial charge in [0, 0.05) is 11.4 Å². The number of thioether (sulfide) groups is 1. The van der Waals surface area contributed by atoms with E-state index < -0.39 is 11.8 Å². The number of nitrogens with one attached hydrogen (secondary N) is 1. The van der Waals surface area contributed by atoms with Crippen molar-refractivity contribution in [3.05, 3.63) is 81.4 Å². The van der Waals surface area contributed by atoms with Crippen LogP contribution in [0.1, 0.15) is 29.7 Å². The quantitative estimate of drug-likeness (QED) is 0.827. The van der Waals surface area contributed by atoms with E-state index >= 15 is 0 Å². The van der Waals surface area contributed by atoms with E-state index in [-0.39, 0.29) is 0 Å². The lowest BCUT2D eigenvalue weighted by Gasteiger charge is -2.27. The van der Waals surface area contributed by atoms with Crippen molar-refractivity contribution in [2.45, 2.75) is 18.6 Å². The van der Waals surface area contributed by atoms with Gasteiger partial charge in [0.2, 0.25) is 5.91 Å². The average Bonchev–Trinajstić information content (AvgIpc) is 3.20. The van der Waals surface area contributed by atoms with Crippen molar-refractivity contribution in [2.75, 3.05) is 0 Å². The molecule has 1 aromatic carbocycles. The van der Waals surface area contributed by atoms with Crippen LogP contribution < -0.4 is 11.1 Å². The van der Waals surface area contributed by atoms with E-state index in [1.165, 1.54) is 18.0 Å². The van der Waals surface area contributed by atoms with Crippen molar-refractivity contribution in [3.8, 4) is 12.1 Å². The van der Waals surface area contributed by atoms with Gasteiger partial charge in [-0.05, 0) is 36.8 Å². The number of hydrogen-bond donors (Lipinski definition) is 2. The van der Waals surface area contributed by atoms with Gasteiger partial charge in [-0.1, -0.05) is 12.1 Å². The summed E-state index contributed by atoms with van der Waals surface area (Å²) in [4.78, 5) is 12.0. The molecule has 1 aliphatic rings. The van der Waals surface area contributed by atoms with Gasteiger partial charge in [-0.2, -0.15) is 10.5 Å². The Morgan fingerprint density at radius 3 is 2.56 bits per heavy atom. The lowest BCUT2D eigenvalue weighted by molar-refractivity contribution is -0.114. The predicted molar refractivity (Wildman–Crippen MR) is 102 cm³/mol. The molecule has 0 saturated carbocycles. The summed E-state index contributed by atoms with van der Waals surface area (Å²) >= 11 is 1.45. The number of allylic oxidation sites excluding steroid dienone is 2. The first-order valence-corrected chi connectivity index (χ1v) is 9.10. The molecule has 1 atom stereocenters. The second-order valence-corrected chi connectivity index (χ2v) is 6.91. The number of furan rings is 1. The highest BCUT2D eigenvalue weighted by Crippen LogP contribution is 2.41. The number of carbonyl (C=O) groups is 1. The molecule has 3 N–H and O–H groups in total. The third-order valence-electron chi connectivity index (χ3n) is 4.21. The number of nitriles is 2. The van der Waals surface area contributed by atoms with Crippen molar-refractivity contribution >= 4 is 17.7 Å². The normalized spacial score (nSPS) is 16.5.